The topological polar surface area (TPSA) is 103 Å². The van der Waals surface area contributed by atoms with Crippen LogP contribution in [0.3, 0.4) is 0 Å². The van der Waals surface area contributed by atoms with Crippen LogP contribution >= 0.6 is 0 Å². The molecular formula is C42H52N2O6. The maximum atomic E-state index is 9.86. The standard InChI is InChI=1S/C42H52N2O6/c1-7-17-45-37-23-31(24-38(46-18-8-2)41(37)49-21-11-5)13-15-33-27-35(29-43)36(30-44)28-34(33)16-14-32-25-39(47-19-9-3)42(50-22-12-6)40(26-32)48-20-10-4/h13-16,23-28H,7-12,17-22H2,1-6H3/b15-13+,16-14+. The highest BCUT2D eigenvalue weighted by Crippen LogP contribution is 2.41. The molecule has 0 spiro atoms. The Labute approximate surface area is 298 Å². The first-order chi connectivity index (χ1) is 24.5. The van der Waals surface area contributed by atoms with Gasteiger partial charge in [-0.25, -0.2) is 0 Å². The van der Waals surface area contributed by atoms with Gasteiger partial charge in [0.25, 0.3) is 0 Å². The van der Waals surface area contributed by atoms with Crippen LogP contribution < -0.4 is 28.4 Å². The Morgan fingerprint density at radius 1 is 0.420 bits per heavy atom. The summed E-state index contributed by atoms with van der Waals surface area (Å²) in [6.45, 7) is 15.6. The zero-order valence-corrected chi connectivity index (χ0v) is 30.6. The van der Waals surface area contributed by atoms with E-state index < -0.39 is 0 Å². The van der Waals surface area contributed by atoms with Gasteiger partial charge < -0.3 is 28.4 Å². The fraction of sp³-hybridized carbons (Fsp3) is 0.429. The van der Waals surface area contributed by atoms with Crippen molar-refractivity contribution in [3.8, 4) is 46.6 Å². The first kappa shape index (κ1) is 39.4. The third kappa shape index (κ3) is 11.5. The normalized spacial score (nSPS) is 11.0. The molecule has 0 fully saturated rings. The van der Waals surface area contributed by atoms with Crippen molar-refractivity contribution in [1.29, 1.82) is 10.5 Å². The second kappa shape index (κ2) is 21.8. The maximum Gasteiger partial charge on any atom is 0.203 e. The smallest absolute Gasteiger partial charge is 0.203 e. The van der Waals surface area contributed by atoms with E-state index in [1.54, 1.807) is 12.1 Å². The highest BCUT2D eigenvalue weighted by Gasteiger charge is 2.17. The second-order valence-electron chi connectivity index (χ2n) is 11.7. The van der Waals surface area contributed by atoms with E-state index in [1.807, 2.05) is 48.6 Å². The molecule has 0 aromatic heterocycles. The van der Waals surface area contributed by atoms with Crippen molar-refractivity contribution in [2.24, 2.45) is 0 Å². The predicted molar refractivity (Wildman–Crippen MR) is 201 cm³/mol. The Kier molecular flexibility index (Phi) is 17.2. The van der Waals surface area contributed by atoms with Crippen molar-refractivity contribution < 1.29 is 28.4 Å². The highest BCUT2D eigenvalue weighted by molar-refractivity contribution is 5.82. The lowest BCUT2D eigenvalue weighted by atomic mass is 9.97. The molecule has 8 heteroatoms. The fourth-order valence-corrected chi connectivity index (χ4v) is 4.83. The van der Waals surface area contributed by atoms with Crippen LogP contribution in [-0.2, 0) is 0 Å². The number of hydrogen-bond acceptors (Lipinski definition) is 8. The van der Waals surface area contributed by atoms with Gasteiger partial charge >= 0.3 is 0 Å². The van der Waals surface area contributed by atoms with Gasteiger partial charge in [0.05, 0.1) is 50.8 Å². The van der Waals surface area contributed by atoms with E-state index in [2.05, 4.69) is 53.7 Å². The molecule has 8 nitrogen and oxygen atoms in total. The lowest BCUT2D eigenvalue weighted by Gasteiger charge is -2.18. The average molecular weight is 681 g/mol. The average Bonchev–Trinajstić information content (AvgIpc) is 3.14. The van der Waals surface area contributed by atoms with Gasteiger partial charge in [-0.2, -0.15) is 10.5 Å². The van der Waals surface area contributed by atoms with Crippen LogP contribution in [0.25, 0.3) is 24.3 Å². The monoisotopic (exact) mass is 680 g/mol. The Balaban J connectivity index is 2.13. The SMILES string of the molecule is CCCOc1cc(/C=C/c2cc(C#N)c(C#N)cc2/C=C/c2cc(OCCC)c(OCCC)c(OCCC)c2)cc(OCCC)c1OCCC. The molecule has 0 aliphatic rings. The summed E-state index contributed by atoms with van der Waals surface area (Å²) in [5.74, 6) is 3.71. The lowest BCUT2D eigenvalue weighted by molar-refractivity contribution is 0.243. The predicted octanol–water partition coefficient (Wildman–Crippen LogP) is 10.5. The van der Waals surface area contributed by atoms with Gasteiger partial charge in [-0.1, -0.05) is 65.8 Å². The van der Waals surface area contributed by atoms with Crippen LogP contribution in [0.1, 0.15) is 113 Å². The van der Waals surface area contributed by atoms with E-state index in [0.29, 0.717) is 85.3 Å². The van der Waals surface area contributed by atoms with Crippen molar-refractivity contribution in [1.82, 2.24) is 0 Å². The minimum absolute atomic E-state index is 0.300. The van der Waals surface area contributed by atoms with Crippen LogP contribution in [0, 0.1) is 22.7 Å². The number of hydrogen-bond donors (Lipinski definition) is 0. The minimum Gasteiger partial charge on any atom is -0.490 e. The van der Waals surface area contributed by atoms with Crippen molar-refractivity contribution in [3.63, 3.8) is 0 Å². The van der Waals surface area contributed by atoms with Gasteiger partial charge in [-0.3, -0.25) is 0 Å². The lowest BCUT2D eigenvalue weighted by Crippen LogP contribution is -2.05. The third-order valence-electron chi connectivity index (χ3n) is 7.21. The molecule has 0 amide bonds. The van der Waals surface area contributed by atoms with Gasteiger partial charge in [-0.15, -0.1) is 0 Å². The van der Waals surface area contributed by atoms with Gasteiger partial charge in [0, 0.05) is 0 Å². The Morgan fingerprint density at radius 3 is 0.960 bits per heavy atom. The van der Waals surface area contributed by atoms with E-state index in [9.17, 15) is 10.5 Å². The van der Waals surface area contributed by atoms with Crippen LogP contribution in [0.4, 0.5) is 0 Å². The van der Waals surface area contributed by atoms with Crippen LogP contribution in [-0.4, -0.2) is 39.6 Å². The fourth-order valence-electron chi connectivity index (χ4n) is 4.83. The summed E-state index contributed by atoms with van der Waals surface area (Å²) in [6, 6.07) is 15.6. The molecular weight excluding hydrogens is 628 g/mol. The molecule has 3 rings (SSSR count). The Morgan fingerprint density at radius 2 is 0.700 bits per heavy atom. The van der Waals surface area contributed by atoms with E-state index in [0.717, 1.165) is 60.8 Å². The summed E-state index contributed by atoms with van der Waals surface area (Å²) in [6.07, 6.45) is 12.9. The summed E-state index contributed by atoms with van der Waals surface area (Å²) < 4.78 is 36.6. The molecule has 0 heterocycles. The molecule has 0 bridgehead atoms. The summed E-state index contributed by atoms with van der Waals surface area (Å²) in [5.41, 5.74) is 3.83. The third-order valence-corrected chi connectivity index (χ3v) is 7.21. The van der Waals surface area contributed by atoms with Gasteiger partial charge in [-0.05, 0) is 97.2 Å². The van der Waals surface area contributed by atoms with Crippen molar-refractivity contribution in [2.75, 3.05) is 39.6 Å². The number of benzene rings is 3. The molecule has 50 heavy (non-hydrogen) atoms. The maximum absolute atomic E-state index is 9.86. The molecule has 0 aliphatic heterocycles. The number of nitriles is 2. The molecule has 0 aliphatic carbocycles. The molecule has 0 radical (unpaired) electrons. The van der Waals surface area contributed by atoms with Crippen LogP contribution in [0.15, 0.2) is 36.4 Å². The zero-order valence-electron chi connectivity index (χ0n) is 30.6. The summed E-state index contributed by atoms with van der Waals surface area (Å²) in [4.78, 5) is 0. The molecule has 0 atom stereocenters. The van der Waals surface area contributed by atoms with E-state index in [1.165, 1.54) is 0 Å². The van der Waals surface area contributed by atoms with Crippen molar-refractivity contribution >= 4 is 24.3 Å². The molecule has 3 aromatic rings. The summed E-state index contributed by atoms with van der Waals surface area (Å²) in [5, 5.41) is 19.7. The van der Waals surface area contributed by atoms with Crippen molar-refractivity contribution in [2.45, 2.75) is 80.1 Å². The van der Waals surface area contributed by atoms with E-state index >= 15 is 0 Å². The number of nitrogens with zero attached hydrogens (tertiary/aromatic N) is 2. The Hall–Kier alpha value is -5.08. The van der Waals surface area contributed by atoms with E-state index in [4.69, 9.17) is 28.4 Å². The first-order valence-corrected chi connectivity index (χ1v) is 17.9. The zero-order chi connectivity index (χ0) is 36.1. The minimum atomic E-state index is 0.300. The number of rotatable bonds is 22. The molecule has 3 aromatic carbocycles. The van der Waals surface area contributed by atoms with Gasteiger partial charge in [0.1, 0.15) is 12.1 Å². The van der Waals surface area contributed by atoms with E-state index in [-0.39, 0.29) is 0 Å². The van der Waals surface area contributed by atoms with Crippen LogP contribution in [0.5, 0.6) is 34.5 Å². The summed E-state index contributed by atoms with van der Waals surface area (Å²) in [7, 11) is 0. The number of ether oxygens (including phenoxy) is 6. The molecule has 0 saturated heterocycles. The summed E-state index contributed by atoms with van der Waals surface area (Å²) >= 11 is 0. The van der Waals surface area contributed by atoms with Crippen molar-refractivity contribution in [3.05, 3.63) is 69.8 Å². The molecule has 266 valence electrons. The highest BCUT2D eigenvalue weighted by atomic mass is 16.5. The van der Waals surface area contributed by atoms with Crippen LogP contribution in [0.2, 0.25) is 0 Å². The largest absolute Gasteiger partial charge is 0.490 e. The molecule has 0 saturated carbocycles. The van der Waals surface area contributed by atoms with Gasteiger partial charge in [0.2, 0.25) is 11.5 Å². The quantitative estimate of drug-likeness (QED) is 0.0966. The molecule has 0 unspecified atom stereocenters. The molecule has 0 N–H and O–H groups in total. The second-order valence-corrected chi connectivity index (χ2v) is 11.7. The Bertz CT molecular complexity index is 1480. The van der Waals surface area contributed by atoms with Gasteiger partial charge in [0.15, 0.2) is 23.0 Å². The first-order valence-electron chi connectivity index (χ1n) is 17.9.